The summed E-state index contributed by atoms with van der Waals surface area (Å²) in [5, 5.41) is 1.20. The van der Waals surface area contributed by atoms with Gasteiger partial charge in [0.2, 0.25) is 0 Å². The van der Waals surface area contributed by atoms with Crippen molar-refractivity contribution in [3.8, 4) is 0 Å². The maximum Gasteiger partial charge on any atom is 0.166 e. The first kappa shape index (κ1) is 8.68. The molecule has 0 unspecified atom stereocenters. The second kappa shape index (κ2) is 2.94. The monoisotopic (exact) mass is 215 g/mol. The maximum absolute atomic E-state index is 10.6. The van der Waals surface area contributed by atoms with Crippen molar-refractivity contribution in [1.82, 2.24) is 4.98 Å². The van der Waals surface area contributed by atoms with Crippen molar-refractivity contribution in [3.63, 3.8) is 0 Å². The average molecular weight is 215 g/mol. The number of aromatic amines is 1. The van der Waals surface area contributed by atoms with Crippen LogP contribution in [0.4, 0.5) is 0 Å². The zero-order valence-corrected chi connectivity index (χ0v) is 9.02. The van der Waals surface area contributed by atoms with Crippen LogP contribution in [0.3, 0.4) is 0 Å². The van der Waals surface area contributed by atoms with Gasteiger partial charge in [-0.3, -0.25) is 4.79 Å². The number of H-pyrrole nitrogens is 1. The summed E-state index contributed by atoms with van der Waals surface area (Å²) in [5.41, 5.74) is 3.00. The van der Waals surface area contributed by atoms with Gasteiger partial charge in [0.25, 0.3) is 0 Å². The largest absolute Gasteiger partial charge is 0.351 e. The highest BCUT2D eigenvalue weighted by Gasteiger charge is 2.07. The Labute approximate surface area is 90.5 Å². The van der Waals surface area contributed by atoms with E-state index in [0.717, 1.165) is 16.5 Å². The fourth-order valence-electron chi connectivity index (χ4n) is 1.84. The highest BCUT2D eigenvalue weighted by atomic mass is 32.1. The molecule has 0 saturated carbocycles. The normalized spacial score (nSPS) is 11.3. The van der Waals surface area contributed by atoms with Crippen molar-refractivity contribution in [2.75, 3.05) is 0 Å². The van der Waals surface area contributed by atoms with Gasteiger partial charge in [0, 0.05) is 10.1 Å². The number of aromatic nitrogens is 1. The van der Waals surface area contributed by atoms with E-state index in [1.165, 1.54) is 15.6 Å². The summed E-state index contributed by atoms with van der Waals surface area (Å²) < 4.78 is 2.42. The quantitative estimate of drug-likeness (QED) is 0.619. The predicted molar refractivity (Wildman–Crippen MR) is 63.8 cm³/mol. The topological polar surface area (TPSA) is 32.9 Å². The summed E-state index contributed by atoms with van der Waals surface area (Å²) in [6, 6.07) is 8.28. The number of aryl methyl sites for hydroxylation is 1. The minimum absolute atomic E-state index is 0.652. The number of carbonyl (C=O) groups excluding carboxylic acids is 1. The minimum Gasteiger partial charge on any atom is -0.351 e. The van der Waals surface area contributed by atoms with Crippen LogP contribution in [0.2, 0.25) is 0 Å². The lowest BCUT2D eigenvalue weighted by Crippen LogP contribution is -1.76. The average Bonchev–Trinajstić information content (AvgIpc) is 2.73. The van der Waals surface area contributed by atoms with E-state index in [-0.39, 0.29) is 0 Å². The molecule has 2 aromatic heterocycles. The minimum atomic E-state index is 0.652. The molecule has 2 nitrogen and oxygen atoms in total. The second-order valence-electron chi connectivity index (χ2n) is 3.68. The number of hydrogen-bond acceptors (Lipinski definition) is 2. The first-order valence-electron chi connectivity index (χ1n) is 4.75. The Kier molecular flexibility index (Phi) is 1.70. The first-order chi connectivity index (χ1) is 7.28. The summed E-state index contributed by atoms with van der Waals surface area (Å²) in [6.07, 6.45) is 0.854. The molecule has 74 valence electrons. The first-order valence-corrected chi connectivity index (χ1v) is 5.56. The van der Waals surface area contributed by atoms with E-state index in [0.29, 0.717) is 5.69 Å². The van der Waals surface area contributed by atoms with E-state index < -0.39 is 0 Å². The van der Waals surface area contributed by atoms with E-state index in [9.17, 15) is 4.79 Å². The summed E-state index contributed by atoms with van der Waals surface area (Å²) in [4.78, 5) is 13.8. The molecule has 0 aliphatic carbocycles. The molecular weight excluding hydrogens is 206 g/mol. The molecule has 3 rings (SSSR count). The Morgan fingerprint density at radius 3 is 2.93 bits per heavy atom. The van der Waals surface area contributed by atoms with Crippen LogP contribution in [-0.2, 0) is 0 Å². The van der Waals surface area contributed by atoms with Crippen molar-refractivity contribution in [1.29, 1.82) is 0 Å². The van der Waals surface area contributed by atoms with Crippen LogP contribution in [0.1, 0.15) is 16.1 Å². The summed E-state index contributed by atoms with van der Waals surface area (Å²) in [5.74, 6) is 0. The Morgan fingerprint density at radius 2 is 2.13 bits per heavy atom. The van der Waals surface area contributed by atoms with Crippen LogP contribution in [0.15, 0.2) is 24.3 Å². The van der Waals surface area contributed by atoms with Crippen LogP contribution in [0.5, 0.6) is 0 Å². The smallest absolute Gasteiger partial charge is 0.166 e. The van der Waals surface area contributed by atoms with Gasteiger partial charge in [-0.2, -0.15) is 0 Å². The van der Waals surface area contributed by atoms with Gasteiger partial charge < -0.3 is 4.98 Å². The number of nitrogens with one attached hydrogen (secondary N) is 1. The number of aldehydes is 1. The van der Waals surface area contributed by atoms with Crippen molar-refractivity contribution in [2.24, 2.45) is 0 Å². The van der Waals surface area contributed by atoms with E-state index in [2.05, 4.69) is 30.1 Å². The predicted octanol–water partition coefficient (Wildman–Crippen LogP) is 3.50. The molecule has 3 aromatic rings. The maximum atomic E-state index is 10.6. The molecule has 0 amide bonds. The van der Waals surface area contributed by atoms with E-state index >= 15 is 0 Å². The molecule has 0 bridgehead atoms. The highest BCUT2D eigenvalue weighted by Crippen LogP contribution is 2.34. The lowest BCUT2D eigenvalue weighted by Gasteiger charge is -1.92. The number of hydrogen-bond donors (Lipinski definition) is 1. The molecule has 0 spiro atoms. The van der Waals surface area contributed by atoms with Crippen LogP contribution in [0.25, 0.3) is 20.3 Å². The molecule has 0 fully saturated rings. The third-order valence-corrected chi connectivity index (χ3v) is 3.66. The van der Waals surface area contributed by atoms with Gasteiger partial charge in [-0.15, -0.1) is 11.3 Å². The lowest BCUT2D eigenvalue weighted by molar-refractivity contribution is 0.112. The van der Waals surface area contributed by atoms with Crippen molar-refractivity contribution >= 4 is 37.9 Å². The number of benzene rings is 1. The second-order valence-corrected chi connectivity index (χ2v) is 4.77. The third-order valence-electron chi connectivity index (χ3n) is 2.56. The van der Waals surface area contributed by atoms with Gasteiger partial charge in [-0.25, -0.2) is 0 Å². The van der Waals surface area contributed by atoms with Gasteiger partial charge in [0.1, 0.15) is 0 Å². The van der Waals surface area contributed by atoms with Gasteiger partial charge >= 0.3 is 0 Å². The van der Waals surface area contributed by atoms with Gasteiger partial charge in [-0.1, -0.05) is 12.1 Å². The summed E-state index contributed by atoms with van der Waals surface area (Å²) in [7, 11) is 0. The SMILES string of the molecule is Cc1ccc2c(c1)sc1cc(C=O)[nH]c12. The van der Waals surface area contributed by atoms with E-state index in [1.807, 2.05) is 6.07 Å². The number of carbonyl (C=O) groups is 1. The van der Waals surface area contributed by atoms with Crippen molar-refractivity contribution < 1.29 is 4.79 Å². The standard InChI is InChI=1S/C12H9NOS/c1-7-2-3-9-10(4-7)15-11-5-8(6-14)13-12(9)11/h2-6,13H,1H3. The van der Waals surface area contributed by atoms with Gasteiger partial charge in [0.15, 0.2) is 6.29 Å². The molecule has 15 heavy (non-hydrogen) atoms. The summed E-state index contributed by atoms with van der Waals surface area (Å²) in [6.45, 7) is 2.09. The van der Waals surface area contributed by atoms with E-state index in [4.69, 9.17) is 0 Å². The molecule has 1 N–H and O–H groups in total. The zero-order chi connectivity index (χ0) is 10.4. The molecule has 0 saturated heterocycles. The van der Waals surface area contributed by atoms with Crippen LogP contribution in [0, 0.1) is 6.92 Å². The molecular formula is C12H9NOS. The fourth-order valence-corrected chi connectivity index (χ4v) is 3.05. The van der Waals surface area contributed by atoms with Crippen molar-refractivity contribution in [3.05, 3.63) is 35.5 Å². The van der Waals surface area contributed by atoms with Crippen molar-refractivity contribution in [2.45, 2.75) is 6.92 Å². The molecule has 2 heterocycles. The Bertz CT molecular complexity index is 663. The summed E-state index contributed by atoms with van der Waals surface area (Å²) >= 11 is 1.72. The Morgan fingerprint density at radius 1 is 1.27 bits per heavy atom. The van der Waals surface area contributed by atoms with Crippen LogP contribution in [-0.4, -0.2) is 11.3 Å². The molecule has 0 aliphatic heterocycles. The van der Waals surface area contributed by atoms with Crippen LogP contribution < -0.4 is 0 Å². The molecule has 0 radical (unpaired) electrons. The molecule has 0 aliphatic rings. The van der Waals surface area contributed by atoms with Gasteiger partial charge in [-0.05, 0) is 24.6 Å². The lowest BCUT2D eigenvalue weighted by atomic mass is 10.2. The van der Waals surface area contributed by atoms with Gasteiger partial charge in [0.05, 0.1) is 15.9 Å². The Hall–Kier alpha value is -1.61. The Balaban J connectivity index is 2.45. The highest BCUT2D eigenvalue weighted by molar-refractivity contribution is 7.25. The number of rotatable bonds is 1. The van der Waals surface area contributed by atoms with Crippen LogP contribution >= 0.6 is 11.3 Å². The fraction of sp³-hybridized carbons (Fsp3) is 0.0833. The molecule has 0 atom stereocenters. The van der Waals surface area contributed by atoms with E-state index in [1.54, 1.807) is 11.3 Å². The zero-order valence-electron chi connectivity index (χ0n) is 8.20. The number of thiophene rings is 1. The number of fused-ring (bicyclic) bond motifs is 3. The third kappa shape index (κ3) is 1.20. The molecule has 1 aromatic carbocycles. The molecule has 3 heteroatoms.